The van der Waals surface area contributed by atoms with Crippen LogP contribution in [-0.2, 0) is 12.1 Å². The molecule has 2 aliphatic rings. The number of nitrogens with zero attached hydrogens (tertiary/aromatic N) is 4. The van der Waals surface area contributed by atoms with Crippen molar-refractivity contribution in [2.45, 2.75) is 58.0 Å². The number of hydrogen-bond donors (Lipinski definition) is 1. The van der Waals surface area contributed by atoms with E-state index in [4.69, 9.17) is 5.26 Å². The van der Waals surface area contributed by atoms with E-state index in [2.05, 4.69) is 33.5 Å². The van der Waals surface area contributed by atoms with E-state index in [9.17, 15) is 4.79 Å². The smallest absolute Gasteiger partial charge is 0.252 e. The highest BCUT2D eigenvalue weighted by Gasteiger charge is 2.46. The number of nitriles is 1. The third-order valence-electron chi connectivity index (χ3n) is 4.20. The Bertz CT molecular complexity index is 716. The Morgan fingerprint density at radius 3 is 2.56 bits per heavy atom. The van der Waals surface area contributed by atoms with Gasteiger partial charge in [-0.3, -0.25) is 4.79 Å². The van der Waals surface area contributed by atoms with E-state index < -0.39 is 5.54 Å². The van der Waals surface area contributed by atoms with Gasteiger partial charge in [-0.05, 0) is 48.6 Å². The molecule has 1 aliphatic carbocycles. The fourth-order valence-corrected chi connectivity index (χ4v) is 4.11. The molecule has 0 atom stereocenters. The lowest BCUT2D eigenvalue weighted by atomic mass is 10.3. The van der Waals surface area contributed by atoms with Gasteiger partial charge in [-0.2, -0.15) is 28.4 Å². The van der Waals surface area contributed by atoms with Crippen LogP contribution in [0.3, 0.4) is 0 Å². The fourth-order valence-electron chi connectivity index (χ4n) is 2.45. The van der Waals surface area contributed by atoms with Crippen molar-refractivity contribution in [1.82, 2.24) is 20.3 Å². The van der Waals surface area contributed by atoms with Gasteiger partial charge in [0.15, 0.2) is 5.54 Å². The summed E-state index contributed by atoms with van der Waals surface area (Å²) in [6.07, 6.45) is 7.76. The molecule has 8 heteroatoms. The maximum absolute atomic E-state index is 11.7. The molecule has 0 bridgehead atoms. The molecule has 1 saturated carbocycles. The Morgan fingerprint density at radius 2 is 2.07 bits per heavy atom. The highest BCUT2D eigenvalue weighted by Crippen LogP contribution is 2.41. The molecule has 1 saturated heterocycles. The van der Waals surface area contributed by atoms with Crippen molar-refractivity contribution in [3.05, 3.63) is 34.3 Å². The van der Waals surface area contributed by atoms with Gasteiger partial charge in [-0.1, -0.05) is 25.5 Å². The number of carbonyl (C=O) groups is 1. The summed E-state index contributed by atoms with van der Waals surface area (Å²) in [4.78, 5) is 11.7. The van der Waals surface area contributed by atoms with E-state index in [0.29, 0.717) is 17.8 Å². The van der Waals surface area contributed by atoms with Crippen LogP contribution in [0, 0.1) is 11.3 Å². The van der Waals surface area contributed by atoms with E-state index in [-0.39, 0.29) is 5.91 Å². The van der Waals surface area contributed by atoms with Crippen molar-refractivity contribution in [3.63, 3.8) is 0 Å². The largest absolute Gasteiger partial charge is 0.346 e. The highest BCUT2D eigenvalue weighted by atomic mass is 32.2. The van der Waals surface area contributed by atoms with Crippen molar-refractivity contribution in [1.29, 1.82) is 5.26 Å². The molecule has 2 aromatic heterocycles. The zero-order chi connectivity index (χ0) is 19.5. The molecule has 3 heterocycles. The lowest BCUT2D eigenvalue weighted by Gasteiger charge is -2.05. The molecule has 0 aromatic carbocycles. The van der Waals surface area contributed by atoms with Gasteiger partial charge in [-0.25, -0.2) is 4.68 Å². The topological polar surface area (TPSA) is 83.6 Å². The molecule has 6 nitrogen and oxygen atoms in total. The molecule has 1 amide bonds. The summed E-state index contributed by atoms with van der Waals surface area (Å²) in [6.45, 7) is 4.32. The monoisotopic (exact) mass is 405 g/mol. The standard InChI is InChI=1S/C12H11N5OS.C5H10S.C2H6/c13-8-12(2-3-12)17-6-10(15-16-17)5-14-11(18)9-1-4-19-7-9;1-2-4-6-5-3-1;1-2/h1,4,6-7H,2-3,5H2,(H,14,18);1-5H2;1-2H3. The molecule has 4 rings (SSSR count). The molecule has 27 heavy (non-hydrogen) atoms. The minimum Gasteiger partial charge on any atom is -0.346 e. The van der Waals surface area contributed by atoms with Crippen LogP contribution in [0.1, 0.15) is 62.0 Å². The number of nitrogens with one attached hydrogen (secondary N) is 1. The maximum atomic E-state index is 11.7. The van der Waals surface area contributed by atoms with Crippen molar-refractivity contribution in [2.75, 3.05) is 11.5 Å². The van der Waals surface area contributed by atoms with Gasteiger partial charge in [0.1, 0.15) is 5.69 Å². The summed E-state index contributed by atoms with van der Waals surface area (Å²) in [7, 11) is 0. The first-order valence-corrected chi connectivity index (χ1v) is 11.5. The molecular weight excluding hydrogens is 378 g/mol. The first-order chi connectivity index (χ1) is 13.2. The number of aromatic nitrogens is 3. The summed E-state index contributed by atoms with van der Waals surface area (Å²) in [5, 5.41) is 23.4. The van der Waals surface area contributed by atoms with Crippen LogP contribution in [0.25, 0.3) is 0 Å². The normalized spacial score (nSPS) is 16.6. The molecule has 2 aromatic rings. The van der Waals surface area contributed by atoms with Gasteiger partial charge < -0.3 is 5.32 Å². The van der Waals surface area contributed by atoms with E-state index >= 15 is 0 Å². The quantitative estimate of drug-likeness (QED) is 0.824. The van der Waals surface area contributed by atoms with Crippen molar-refractivity contribution >= 4 is 29.0 Å². The summed E-state index contributed by atoms with van der Waals surface area (Å²) < 4.78 is 1.60. The number of rotatable bonds is 4. The molecule has 1 N–H and O–H groups in total. The number of hydrogen-bond acceptors (Lipinski definition) is 6. The minimum atomic E-state index is -0.497. The minimum absolute atomic E-state index is 0.128. The maximum Gasteiger partial charge on any atom is 0.252 e. The van der Waals surface area contributed by atoms with Crippen LogP contribution in [0.4, 0.5) is 0 Å². The Labute approximate surface area is 169 Å². The SMILES string of the molecule is C1CCSCC1.CC.N#CC1(n2cc(CNC(=O)c3ccsc3)nn2)CC1. The van der Waals surface area contributed by atoms with E-state index in [1.165, 1.54) is 42.1 Å². The van der Waals surface area contributed by atoms with Gasteiger partial charge in [0.2, 0.25) is 0 Å². The predicted octanol–water partition coefficient (Wildman–Crippen LogP) is 4.21. The van der Waals surface area contributed by atoms with Crippen molar-refractivity contribution in [2.24, 2.45) is 0 Å². The number of thioether (sulfide) groups is 1. The Kier molecular flexibility index (Phi) is 8.82. The third kappa shape index (κ3) is 6.36. The first kappa shape index (κ1) is 21.5. The molecule has 0 radical (unpaired) electrons. The molecule has 0 spiro atoms. The van der Waals surface area contributed by atoms with Crippen molar-refractivity contribution < 1.29 is 4.79 Å². The summed E-state index contributed by atoms with van der Waals surface area (Å²) in [5.74, 6) is 2.71. The second-order valence-corrected chi connectivity index (χ2v) is 8.17. The highest BCUT2D eigenvalue weighted by molar-refractivity contribution is 7.99. The van der Waals surface area contributed by atoms with Crippen LogP contribution >= 0.6 is 23.1 Å². The van der Waals surface area contributed by atoms with Gasteiger partial charge in [0.05, 0.1) is 18.8 Å². The summed E-state index contributed by atoms with van der Waals surface area (Å²) >= 11 is 3.57. The fraction of sp³-hybridized carbons (Fsp3) is 0.579. The van der Waals surface area contributed by atoms with E-state index in [0.717, 1.165) is 12.8 Å². The third-order valence-corrected chi connectivity index (χ3v) is 6.04. The van der Waals surface area contributed by atoms with Gasteiger partial charge in [0, 0.05) is 10.9 Å². The second kappa shape index (κ2) is 11.1. The molecular formula is C19H27N5OS2. The van der Waals surface area contributed by atoms with Gasteiger partial charge >= 0.3 is 0 Å². The number of thiophene rings is 1. The zero-order valence-electron chi connectivity index (χ0n) is 16.0. The van der Waals surface area contributed by atoms with Crippen LogP contribution in [0.15, 0.2) is 23.0 Å². The molecule has 0 unspecified atom stereocenters. The Morgan fingerprint density at radius 1 is 1.33 bits per heavy atom. The van der Waals surface area contributed by atoms with Crippen LogP contribution in [0.5, 0.6) is 0 Å². The summed E-state index contributed by atoms with van der Waals surface area (Å²) in [5.41, 5.74) is 0.806. The molecule has 146 valence electrons. The average Bonchev–Trinajstić information content (AvgIpc) is 3.14. The molecule has 1 aliphatic heterocycles. The first-order valence-electron chi connectivity index (χ1n) is 9.45. The van der Waals surface area contributed by atoms with Crippen LogP contribution in [-0.4, -0.2) is 32.4 Å². The average molecular weight is 406 g/mol. The zero-order valence-corrected chi connectivity index (χ0v) is 17.6. The van der Waals surface area contributed by atoms with Crippen LogP contribution < -0.4 is 5.32 Å². The summed E-state index contributed by atoms with van der Waals surface area (Å²) in [6, 6.07) is 4.01. The van der Waals surface area contributed by atoms with Crippen LogP contribution in [0.2, 0.25) is 0 Å². The Hall–Kier alpha value is -1.85. The second-order valence-electron chi connectivity index (χ2n) is 6.17. The van der Waals surface area contributed by atoms with Gasteiger partial charge in [-0.15, -0.1) is 5.10 Å². The van der Waals surface area contributed by atoms with Gasteiger partial charge in [0.25, 0.3) is 5.91 Å². The van der Waals surface area contributed by atoms with E-state index in [1.807, 2.05) is 19.2 Å². The lowest BCUT2D eigenvalue weighted by molar-refractivity contribution is 0.0951. The molecule has 2 fully saturated rings. The predicted molar refractivity (Wildman–Crippen MR) is 111 cm³/mol. The Balaban J connectivity index is 0.000000275. The van der Waals surface area contributed by atoms with Crippen molar-refractivity contribution in [3.8, 4) is 6.07 Å². The number of amides is 1. The lowest BCUT2D eigenvalue weighted by Crippen LogP contribution is -2.22. The van der Waals surface area contributed by atoms with E-state index in [1.54, 1.807) is 22.3 Å². The number of carbonyl (C=O) groups excluding carboxylic acids is 1.